The molecule has 0 saturated carbocycles. The summed E-state index contributed by atoms with van der Waals surface area (Å²) in [6, 6.07) is 15.5. The number of carbonyl (C=O) groups is 1. The number of benzene rings is 2. The summed E-state index contributed by atoms with van der Waals surface area (Å²) in [6.45, 7) is 3.08. The molecule has 1 aliphatic rings. The molecular weight excluding hydrogens is 302 g/mol. The molecule has 1 saturated heterocycles. The Kier molecular flexibility index (Phi) is 5.16. The SMILES string of the molecule is COc1ccc(CC2CCN(Cc3ccc(C(=O)O)cc3)C2)cc1. The molecule has 0 spiro atoms. The van der Waals surface area contributed by atoms with E-state index in [9.17, 15) is 4.79 Å². The second-order valence-corrected chi connectivity index (χ2v) is 6.44. The lowest BCUT2D eigenvalue weighted by Gasteiger charge is -2.16. The van der Waals surface area contributed by atoms with Gasteiger partial charge in [0.05, 0.1) is 12.7 Å². The van der Waals surface area contributed by atoms with Crippen LogP contribution in [-0.4, -0.2) is 36.2 Å². The predicted octanol–water partition coefficient (Wildman–Crippen LogP) is 3.46. The number of likely N-dealkylation sites (tertiary alicyclic amines) is 1. The summed E-state index contributed by atoms with van der Waals surface area (Å²) in [6.07, 6.45) is 2.30. The first-order chi connectivity index (χ1) is 11.6. The minimum absolute atomic E-state index is 0.345. The highest BCUT2D eigenvalue weighted by Gasteiger charge is 2.22. The first kappa shape index (κ1) is 16.5. The van der Waals surface area contributed by atoms with Crippen molar-refractivity contribution in [2.45, 2.75) is 19.4 Å². The van der Waals surface area contributed by atoms with Gasteiger partial charge in [0, 0.05) is 13.1 Å². The van der Waals surface area contributed by atoms with Crippen molar-refractivity contribution in [1.29, 1.82) is 0 Å². The highest BCUT2D eigenvalue weighted by Crippen LogP contribution is 2.23. The lowest BCUT2D eigenvalue weighted by atomic mass is 9.99. The van der Waals surface area contributed by atoms with Gasteiger partial charge in [0.2, 0.25) is 0 Å². The number of methoxy groups -OCH3 is 1. The highest BCUT2D eigenvalue weighted by molar-refractivity contribution is 5.87. The Morgan fingerprint density at radius 2 is 1.79 bits per heavy atom. The summed E-state index contributed by atoms with van der Waals surface area (Å²) in [5.74, 6) is 0.704. The van der Waals surface area contributed by atoms with Crippen LogP contribution in [0.2, 0.25) is 0 Å². The van der Waals surface area contributed by atoms with Gasteiger partial charge in [-0.15, -0.1) is 0 Å². The van der Waals surface area contributed by atoms with E-state index in [1.165, 1.54) is 17.5 Å². The van der Waals surface area contributed by atoms with Crippen molar-refractivity contribution in [3.63, 3.8) is 0 Å². The first-order valence-electron chi connectivity index (χ1n) is 8.31. The van der Waals surface area contributed by atoms with Crippen molar-refractivity contribution in [3.8, 4) is 5.75 Å². The standard InChI is InChI=1S/C20H23NO3/c1-24-19-8-4-15(5-9-19)12-17-10-11-21(14-17)13-16-2-6-18(7-3-16)20(22)23/h2-9,17H,10-14H2,1H3,(H,22,23). The quantitative estimate of drug-likeness (QED) is 0.884. The van der Waals surface area contributed by atoms with Crippen molar-refractivity contribution >= 4 is 5.97 Å². The van der Waals surface area contributed by atoms with E-state index >= 15 is 0 Å². The fourth-order valence-electron chi connectivity index (χ4n) is 3.33. The zero-order valence-corrected chi connectivity index (χ0v) is 13.9. The molecule has 4 nitrogen and oxygen atoms in total. The summed E-state index contributed by atoms with van der Waals surface area (Å²) < 4.78 is 5.20. The van der Waals surface area contributed by atoms with Crippen molar-refractivity contribution < 1.29 is 14.6 Å². The molecule has 2 aromatic rings. The third-order valence-corrected chi connectivity index (χ3v) is 4.66. The number of hydrogen-bond donors (Lipinski definition) is 1. The molecule has 0 aliphatic carbocycles. The van der Waals surface area contributed by atoms with Gasteiger partial charge in [-0.25, -0.2) is 4.79 Å². The molecule has 1 atom stereocenters. The summed E-state index contributed by atoms with van der Waals surface area (Å²) in [5.41, 5.74) is 2.87. The second-order valence-electron chi connectivity index (χ2n) is 6.44. The third-order valence-electron chi connectivity index (χ3n) is 4.66. The van der Waals surface area contributed by atoms with Crippen molar-refractivity contribution in [1.82, 2.24) is 4.90 Å². The van der Waals surface area contributed by atoms with Crippen LogP contribution in [0, 0.1) is 5.92 Å². The molecule has 24 heavy (non-hydrogen) atoms. The lowest BCUT2D eigenvalue weighted by molar-refractivity contribution is 0.0697. The van der Waals surface area contributed by atoms with Gasteiger partial charge in [0.1, 0.15) is 5.75 Å². The fraction of sp³-hybridized carbons (Fsp3) is 0.350. The van der Waals surface area contributed by atoms with Gasteiger partial charge in [-0.1, -0.05) is 24.3 Å². The Balaban J connectivity index is 1.52. The zero-order valence-electron chi connectivity index (χ0n) is 13.9. The normalized spacial score (nSPS) is 17.8. The number of rotatable bonds is 6. The second kappa shape index (κ2) is 7.49. The van der Waals surface area contributed by atoms with Gasteiger partial charge in [0.25, 0.3) is 0 Å². The van der Waals surface area contributed by atoms with E-state index in [1.54, 1.807) is 19.2 Å². The molecule has 1 aliphatic heterocycles. The number of carboxylic acids is 1. The zero-order chi connectivity index (χ0) is 16.9. The van der Waals surface area contributed by atoms with E-state index in [-0.39, 0.29) is 0 Å². The average Bonchev–Trinajstić information content (AvgIpc) is 3.03. The number of hydrogen-bond acceptors (Lipinski definition) is 3. The molecule has 3 rings (SSSR count). The summed E-state index contributed by atoms with van der Waals surface area (Å²) >= 11 is 0. The van der Waals surface area contributed by atoms with Gasteiger partial charge >= 0.3 is 5.97 Å². The van der Waals surface area contributed by atoms with E-state index < -0.39 is 5.97 Å². The van der Waals surface area contributed by atoms with E-state index in [4.69, 9.17) is 9.84 Å². The number of carboxylic acid groups (broad SMARTS) is 1. The maximum atomic E-state index is 10.9. The van der Waals surface area contributed by atoms with Gasteiger partial charge in [-0.05, 0) is 60.7 Å². The van der Waals surface area contributed by atoms with E-state index in [0.29, 0.717) is 11.5 Å². The maximum Gasteiger partial charge on any atom is 0.335 e. The van der Waals surface area contributed by atoms with Crippen LogP contribution in [0.4, 0.5) is 0 Å². The monoisotopic (exact) mass is 325 g/mol. The van der Waals surface area contributed by atoms with E-state index in [0.717, 1.165) is 31.8 Å². The van der Waals surface area contributed by atoms with Gasteiger partial charge in [-0.2, -0.15) is 0 Å². The van der Waals surface area contributed by atoms with Gasteiger partial charge in [0.15, 0.2) is 0 Å². The van der Waals surface area contributed by atoms with Gasteiger partial charge in [-0.3, -0.25) is 4.90 Å². The van der Waals surface area contributed by atoms with Crippen LogP contribution in [0.3, 0.4) is 0 Å². The molecule has 1 N–H and O–H groups in total. The van der Waals surface area contributed by atoms with Crippen LogP contribution in [0.1, 0.15) is 27.9 Å². The Labute approximate surface area is 142 Å². The Morgan fingerprint density at radius 1 is 1.12 bits per heavy atom. The highest BCUT2D eigenvalue weighted by atomic mass is 16.5. The predicted molar refractivity (Wildman–Crippen MR) is 93.5 cm³/mol. The average molecular weight is 325 g/mol. The van der Waals surface area contributed by atoms with Crippen LogP contribution >= 0.6 is 0 Å². The summed E-state index contributed by atoms with van der Waals surface area (Å²) in [7, 11) is 1.69. The Hall–Kier alpha value is -2.33. The molecule has 1 heterocycles. The molecular formula is C20H23NO3. The van der Waals surface area contributed by atoms with Crippen molar-refractivity contribution in [2.24, 2.45) is 5.92 Å². The number of ether oxygens (including phenoxy) is 1. The molecule has 0 aromatic heterocycles. The summed E-state index contributed by atoms with van der Waals surface area (Å²) in [4.78, 5) is 13.3. The maximum absolute atomic E-state index is 10.9. The molecule has 126 valence electrons. The third kappa shape index (κ3) is 4.15. The molecule has 4 heteroatoms. The molecule has 2 aromatic carbocycles. The first-order valence-corrected chi connectivity index (χ1v) is 8.31. The smallest absolute Gasteiger partial charge is 0.335 e. The number of aromatic carboxylic acids is 1. The largest absolute Gasteiger partial charge is 0.497 e. The van der Waals surface area contributed by atoms with Crippen LogP contribution < -0.4 is 4.74 Å². The van der Waals surface area contributed by atoms with Crippen molar-refractivity contribution in [2.75, 3.05) is 20.2 Å². The van der Waals surface area contributed by atoms with E-state index in [2.05, 4.69) is 17.0 Å². The molecule has 0 radical (unpaired) electrons. The molecule has 1 unspecified atom stereocenters. The fourth-order valence-corrected chi connectivity index (χ4v) is 3.33. The number of nitrogens with zero attached hydrogens (tertiary/aromatic N) is 1. The topological polar surface area (TPSA) is 49.8 Å². The molecule has 0 bridgehead atoms. The van der Waals surface area contributed by atoms with Crippen LogP contribution in [-0.2, 0) is 13.0 Å². The lowest BCUT2D eigenvalue weighted by Crippen LogP contribution is -2.20. The minimum Gasteiger partial charge on any atom is -0.497 e. The van der Waals surface area contributed by atoms with Crippen LogP contribution in [0.5, 0.6) is 5.75 Å². The summed E-state index contributed by atoms with van der Waals surface area (Å²) in [5, 5.41) is 8.95. The van der Waals surface area contributed by atoms with Crippen molar-refractivity contribution in [3.05, 3.63) is 65.2 Å². The van der Waals surface area contributed by atoms with Crippen LogP contribution in [0.15, 0.2) is 48.5 Å². The van der Waals surface area contributed by atoms with Crippen LogP contribution in [0.25, 0.3) is 0 Å². The van der Waals surface area contributed by atoms with E-state index in [1.807, 2.05) is 24.3 Å². The van der Waals surface area contributed by atoms with Gasteiger partial charge < -0.3 is 9.84 Å². The Bertz CT molecular complexity index is 679. The Morgan fingerprint density at radius 3 is 2.42 bits per heavy atom. The molecule has 0 amide bonds. The minimum atomic E-state index is -0.873. The molecule has 1 fully saturated rings.